The van der Waals surface area contributed by atoms with Crippen molar-refractivity contribution in [2.45, 2.75) is 6.92 Å². The maximum absolute atomic E-state index is 12.9. The van der Waals surface area contributed by atoms with Gasteiger partial charge in [0.05, 0.1) is 33.6 Å². The number of fused-ring (bicyclic) bond motifs is 1. The average Bonchev–Trinajstić information content (AvgIpc) is 2.89. The summed E-state index contributed by atoms with van der Waals surface area (Å²) in [5.41, 5.74) is 2.55. The van der Waals surface area contributed by atoms with Crippen molar-refractivity contribution in [3.05, 3.63) is 65.7 Å². The van der Waals surface area contributed by atoms with E-state index in [1.54, 1.807) is 35.2 Å². The number of nitrogens with one attached hydrogen (secondary N) is 1. The van der Waals surface area contributed by atoms with Gasteiger partial charge in [0.2, 0.25) is 5.75 Å². The molecule has 0 unspecified atom stereocenters. The highest BCUT2D eigenvalue weighted by molar-refractivity contribution is 6.06. The van der Waals surface area contributed by atoms with E-state index in [2.05, 4.69) is 5.32 Å². The first-order valence-corrected chi connectivity index (χ1v) is 11.3. The molecule has 0 aliphatic carbocycles. The monoisotopic (exact) mass is 492 g/mol. The lowest BCUT2D eigenvalue weighted by Gasteiger charge is -2.29. The van der Waals surface area contributed by atoms with Crippen LogP contribution in [-0.2, 0) is 4.79 Å². The fourth-order valence-electron chi connectivity index (χ4n) is 3.90. The van der Waals surface area contributed by atoms with Gasteiger partial charge in [-0.15, -0.1) is 0 Å². The predicted molar refractivity (Wildman–Crippen MR) is 135 cm³/mol. The molecule has 3 aromatic rings. The summed E-state index contributed by atoms with van der Waals surface area (Å²) in [5.74, 6) is 1.85. The number of nitrogens with zero attached hydrogens (tertiary/aromatic N) is 1. The quantitative estimate of drug-likeness (QED) is 0.481. The van der Waals surface area contributed by atoms with E-state index in [-0.39, 0.29) is 18.4 Å². The van der Waals surface area contributed by atoms with Crippen LogP contribution in [0.5, 0.6) is 28.7 Å². The molecule has 1 aliphatic heterocycles. The Morgan fingerprint density at radius 2 is 1.75 bits per heavy atom. The predicted octanol–water partition coefficient (Wildman–Crippen LogP) is 4.08. The highest BCUT2D eigenvalue weighted by Gasteiger charge is 2.26. The van der Waals surface area contributed by atoms with Gasteiger partial charge in [0, 0.05) is 17.3 Å². The van der Waals surface area contributed by atoms with Crippen molar-refractivity contribution in [1.29, 1.82) is 0 Å². The number of benzene rings is 3. The Morgan fingerprint density at radius 3 is 2.42 bits per heavy atom. The van der Waals surface area contributed by atoms with Crippen LogP contribution in [0.1, 0.15) is 15.9 Å². The summed E-state index contributed by atoms with van der Waals surface area (Å²) >= 11 is 0. The smallest absolute Gasteiger partial charge is 0.265 e. The van der Waals surface area contributed by atoms with Crippen molar-refractivity contribution >= 4 is 23.2 Å². The van der Waals surface area contributed by atoms with Crippen LogP contribution in [0.4, 0.5) is 11.4 Å². The Hall–Kier alpha value is -4.40. The molecule has 0 aromatic heterocycles. The zero-order chi connectivity index (χ0) is 25.7. The van der Waals surface area contributed by atoms with Gasteiger partial charge in [0.15, 0.2) is 18.1 Å². The number of hydrogen-bond donors (Lipinski definition) is 1. The van der Waals surface area contributed by atoms with Gasteiger partial charge in [0.25, 0.3) is 11.8 Å². The van der Waals surface area contributed by atoms with Crippen molar-refractivity contribution in [3.8, 4) is 28.7 Å². The van der Waals surface area contributed by atoms with E-state index in [0.29, 0.717) is 53.1 Å². The molecule has 9 nitrogen and oxygen atoms in total. The number of amides is 2. The number of hydrogen-bond acceptors (Lipinski definition) is 7. The summed E-state index contributed by atoms with van der Waals surface area (Å²) < 4.78 is 27.4. The molecule has 1 aliphatic rings. The minimum atomic E-state index is -0.371. The van der Waals surface area contributed by atoms with Crippen molar-refractivity contribution in [2.24, 2.45) is 0 Å². The minimum Gasteiger partial charge on any atom is -0.493 e. The lowest BCUT2D eigenvalue weighted by atomic mass is 10.1. The van der Waals surface area contributed by atoms with Gasteiger partial charge >= 0.3 is 0 Å². The van der Waals surface area contributed by atoms with Crippen LogP contribution in [0.3, 0.4) is 0 Å². The molecule has 4 rings (SSSR count). The van der Waals surface area contributed by atoms with Gasteiger partial charge in [-0.1, -0.05) is 12.1 Å². The molecule has 188 valence electrons. The van der Waals surface area contributed by atoms with Crippen molar-refractivity contribution in [3.63, 3.8) is 0 Å². The number of carbonyl (C=O) groups excluding carboxylic acids is 2. The molecule has 2 amide bonds. The Balaban J connectivity index is 1.48. The van der Waals surface area contributed by atoms with Crippen LogP contribution in [-0.4, -0.2) is 52.9 Å². The normalized spacial score (nSPS) is 12.3. The molecule has 36 heavy (non-hydrogen) atoms. The van der Waals surface area contributed by atoms with Gasteiger partial charge in [0.1, 0.15) is 18.1 Å². The average molecular weight is 493 g/mol. The number of anilines is 2. The summed E-state index contributed by atoms with van der Waals surface area (Å²) in [6.07, 6.45) is 0. The second kappa shape index (κ2) is 10.9. The van der Waals surface area contributed by atoms with E-state index in [1.165, 1.54) is 21.3 Å². The van der Waals surface area contributed by atoms with Crippen LogP contribution >= 0.6 is 0 Å². The Morgan fingerprint density at radius 1 is 1.00 bits per heavy atom. The number of methoxy groups -OCH3 is 3. The van der Waals surface area contributed by atoms with Crippen LogP contribution in [0, 0.1) is 6.92 Å². The SMILES string of the molecule is COc1cc(C(=O)Nc2ccc3c(c2)OCC(=O)N3CCOc2cccc(C)c2)cc(OC)c1OC. The third-order valence-corrected chi connectivity index (χ3v) is 5.66. The highest BCUT2D eigenvalue weighted by Crippen LogP contribution is 2.39. The van der Waals surface area contributed by atoms with E-state index < -0.39 is 0 Å². The van der Waals surface area contributed by atoms with E-state index in [4.69, 9.17) is 23.7 Å². The first kappa shape index (κ1) is 24.7. The fraction of sp³-hybridized carbons (Fsp3) is 0.259. The zero-order valence-electron chi connectivity index (χ0n) is 20.6. The van der Waals surface area contributed by atoms with E-state index in [1.807, 2.05) is 31.2 Å². The summed E-state index contributed by atoms with van der Waals surface area (Å²) in [6, 6.07) is 16.0. The first-order valence-electron chi connectivity index (χ1n) is 11.3. The zero-order valence-corrected chi connectivity index (χ0v) is 20.6. The highest BCUT2D eigenvalue weighted by atomic mass is 16.5. The largest absolute Gasteiger partial charge is 0.493 e. The molecule has 1 heterocycles. The molecule has 0 saturated carbocycles. The molecular formula is C27H28N2O7. The minimum absolute atomic E-state index is 0.0955. The lowest BCUT2D eigenvalue weighted by molar-refractivity contribution is -0.121. The second-order valence-corrected chi connectivity index (χ2v) is 8.05. The van der Waals surface area contributed by atoms with Crippen LogP contribution in [0.2, 0.25) is 0 Å². The maximum Gasteiger partial charge on any atom is 0.265 e. The summed E-state index contributed by atoms with van der Waals surface area (Å²) in [4.78, 5) is 27.1. The summed E-state index contributed by atoms with van der Waals surface area (Å²) in [7, 11) is 4.47. The van der Waals surface area contributed by atoms with E-state index in [0.717, 1.165) is 11.3 Å². The van der Waals surface area contributed by atoms with Crippen LogP contribution in [0.15, 0.2) is 54.6 Å². The molecule has 1 N–H and O–H groups in total. The van der Waals surface area contributed by atoms with E-state index >= 15 is 0 Å². The molecule has 3 aromatic carbocycles. The molecule has 0 fully saturated rings. The molecule has 0 spiro atoms. The van der Waals surface area contributed by atoms with Gasteiger partial charge < -0.3 is 33.9 Å². The van der Waals surface area contributed by atoms with Gasteiger partial charge in [-0.2, -0.15) is 0 Å². The topological polar surface area (TPSA) is 95.6 Å². The number of aryl methyl sites for hydroxylation is 1. The number of rotatable bonds is 9. The Labute approximate surface area is 209 Å². The summed E-state index contributed by atoms with van der Waals surface area (Å²) in [5, 5.41) is 2.85. The van der Waals surface area contributed by atoms with Crippen LogP contribution in [0.25, 0.3) is 0 Å². The third kappa shape index (κ3) is 5.30. The lowest BCUT2D eigenvalue weighted by Crippen LogP contribution is -2.41. The standard InChI is InChI=1S/C27H28N2O7/c1-17-6-5-7-20(12-17)35-11-10-29-21-9-8-19(15-22(21)36-16-25(29)30)28-27(31)18-13-23(32-2)26(34-4)24(14-18)33-3/h5-9,12-15H,10-11,16H2,1-4H3,(H,28,31). The molecule has 0 radical (unpaired) electrons. The molecule has 0 bridgehead atoms. The van der Waals surface area contributed by atoms with Gasteiger partial charge in [-0.3, -0.25) is 9.59 Å². The maximum atomic E-state index is 12.9. The van der Waals surface area contributed by atoms with Crippen molar-refractivity contribution in [1.82, 2.24) is 0 Å². The van der Waals surface area contributed by atoms with Gasteiger partial charge in [-0.05, 0) is 48.9 Å². The van der Waals surface area contributed by atoms with Crippen LogP contribution < -0.4 is 33.9 Å². The molecule has 9 heteroatoms. The fourth-order valence-corrected chi connectivity index (χ4v) is 3.90. The molecule has 0 saturated heterocycles. The Bertz CT molecular complexity index is 1250. The first-order chi connectivity index (χ1) is 17.4. The molecular weight excluding hydrogens is 464 g/mol. The van der Waals surface area contributed by atoms with Crippen molar-refractivity contribution < 1.29 is 33.3 Å². The second-order valence-electron chi connectivity index (χ2n) is 8.05. The Kier molecular flexibility index (Phi) is 7.48. The summed E-state index contributed by atoms with van der Waals surface area (Å²) in [6.45, 7) is 2.59. The van der Waals surface area contributed by atoms with E-state index in [9.17, 15) is 9.59 Å². The molecule has 0 atom stereocenters. The van der Waals surface area contributed by atoms with Gasteiger partial charge in [-0.25, -0.2) is 0 Å². The van der Waals surface area contributed by atoms with Crippen molar-refractivity contribution in [2.75, 3.05) is 51.3 Å². The number of carbonyl (C=O) groups is 2. The third-order valence-electron chi connectivity index (χ3n) is 5.66. The number of ether oxygens (including phenoxy) is 5.